The fourth-order valence-electron chi connectivity index (χ4n) is 2.71. The SMILES string of the molecule is C[C@H](CO)Cc1cc(S(=O)(=O)N2CCC(N)CC2)ccc1C#N. The number of nitriles is 1. The molecular weight excluding hydrogens is 314 g/mol. The Morgan fingerprint density at radius 2 is 2.09 bits per heavy atom. The first-order valence-electron chi connectivity index (χ1n) is 7.78. The Kier molecular flexibility index (Phi) is 5.76. The Balaban J connectivity index is 2.32. The number of sulfonamides is 1. The zero-order valence-electron chi connectivity index (χ0n) is 13.3. The van der Waals surface area contributed by atoms with Gasteiger partial charge >= 0.3 is 0 Å². The normalized spacial score (nSPS) is 18.5. The van der Waals surface area contributed by atoms with E-state index in [1.54, 1.807) is 12.1 Å². The predicted octanol–water partition coefficient (Wildman–Crippen LogP) is 0.841. The fourth-order valence-corrected chi connectivity index (χ4v) is 4.23. The van der Waals surface area contributed by atoms with Crippen LogP contribution in [0, 0.1) is 17.2 Å². The number of benzene rings is 1. The first-order valence-corrected chi connectivity index (χ1v) is 9.22. The van der Waals surface area contributed by atoms with Crippen molar-refractivity contribution in [3.63, 3.8) is 0 Å². The van der Waals surface area contributed by atoms with Crippen LogP contribution in [0.4, 0.5) is 0 Å². The molecule has 1 atom stereocenters. The summed E-state index contributed by atoms with van der Waals surface area (Å²) in [5, 5.41) is 18.4. The molecule has 1 aromatic rings. The van der Waals surface area contributed by atoms with E-state index in [1.165, 1.54) is 10.4 Å². The van der Waals surface area contributed by atoms with Crippen molar-refractivity contribution in [3.05, 3.63) is 29.3 Å². The monoisotopic (exact) mass is 337 g/mol. The molecule has 0 spiro atoms. The van der Waals surface area contributed by atoms with E-state index >= 15 is 0 Å². The first kappa shape index (κ1) is 17.9. The maximum absolute atomic E-state index is 12.8. The lowest BCUT2D eigenvalue weighted by molar-refractivity contribution is 0.237. The average molecular weight is 337 g/mol. The van der Waals surface area contributed by atoms with Gasteiger partial charge in [-0.15, -0.1) is 0 Å². The van der Waals surface area contributed by atoms with E-state index in [9.17, 15) is 18.8 Å². The van der Waals surface area contributed by atoms with Crippen LogP contribution in [0.1, 0.15) is 30.9 Å². The Morgan fingerprint density at radius 1 is 1.43 bits per heavy atom. The number of aliphatic hydroxyl groups excluding tert-OH is 1. The van der Waals surface area contributed by atoms with Gasteiger partial charge in [0.1, 0.15) is 0 Å². The third-order valence-electron chi connectivity index (χ3n) is 4.21. The molecule has 1 aliphatic rings. The van der Waals surface area contributed by atoms with Crippen molar-refractivity contribution in [1.29, 1.82) is 5.26 Å². The van der Waals surface area contributed by atoms with E-state index in [2.05, 4.69) is 6.07 Å². The number of piperidine rings is 1. The third-order valence-corrected chi connectivity index (χ3v) is 6.11. The Morgan fingerprint density at radius 3 is 2.65 bits per heavy atom. The minimum absolute atomic E-state index is 0.00808. The van der Waals surface area contributed by atoms with Crippen LogP contribution >= 0.6 is 0 Å². The number of hydrogen-bond donors (Lipinski definition) is 2. The smallest absolute Gasteiger partial charge is 0.243 e. The van der Waals surface area contributed by atoms with Gasteiger partial charge < -0.3 is 10.8 Å². The fraction of sp³-hybridized carbons (Fsp3) is 0.562. The summed E-state index contributed by atoms with van der Waals surface area (Å²) in [6, 6.07) is 6.73. The molecule has 1 saturated heterocycles. The Bertz CT molecular complexity index is 689. The van der Waals surface area contributed by atoms with Crippen molar-refractivity contribution in [2.45, 2.75) is 37.1 Å². The van der Waals surface area contributed by atoms with Crippen molar-refractivity contribution in [2.75, 3.05) is 19.7 Å². The standard InChI is InChI=1S/C16H23N3O3S/c1-12(11-20)8-14-9-16(3-2-13(14)10-17)23(21,22)19-6-4-15(18)5-7-19/h2-3,9,12,15,20H,4-8,11,18H2,1H3/t12-/m0/s1. The number of nitrogens with zero attached hydrogens (tertiary/aromatic N) is 2. The van der Waals surface area contributed by atoms with Gasteiger partial charge in [0.05, 0.1) is 16.5 Å². The molecule has 1 aliphatic heterocycles. The van der Waals surface area contributed by atoms with E-state index < -0.39 is 10.0 Å². The summed E-state index contributed by atoms with van der Waals surface area (Å²) in [6.07, 6.45) is 1.78. The van der Waals surface area contributed by atoms with Crippen LogP contribution in [0.3, 0.4) is 0 Å². The van der Waals surface area contributed by atoms with Gasteiger partial charge in [-0.05, 0) is 48.9 Å². The summed E-state index contributed by atoms with van der Waals surface area (Å²) in [5.74, 6) is -0.0342. The molecule has 2 rings (SSSR count). The molecule has 0 aliphatic carbocycles. The highest BCUT2D eigenvalue weighted by molar-refractivity contribution is 7.89. The lowest BCUT2D eigenvalue weighted by Crippen LogP contribution is -2.42. The molecule has 0 amide bonds. The van der Waals surface area contributed by atoms with E-state index in [0.29, 0.717) is 43.5 Å². The van der Waals surface area contributed by atoms with Crippen LogP contribution in [0.15, 0.2) is 23.1 Å². The highest BCUT2D eigenvalue weighted by Gasteiger charge is 2.28. The molecule has 1 heterocycles. The Labute approximate surface area is 137 Å². The second-order valence-corrected chi connectivity index (χ2v) is 8.10. The molecule has 0 bridgehead atoms. The van der Waals surface area contributed by atoms with Crippen molar-refractivity contribution >= 4 is 10.0 Å². The molecule has 1 fully saturated rings. The summed E-state index contributed by atoms with van der Waals surface area (Å²) >= 11 is 0. The lowest BCUT2D eigenvalue weighted by atomic mass is 9.98. The van der Waals surface area contributed by atoms with Gasteiger partial charge in [-0.2, -0.15) is 9.57 Å². The quantitative estimate of drug-likeness (QED) is 0.828. The summed E-state index contributed by atoms with van der Waals surface area (Å²) in [7, 11) is -3.57. The maximum Gasteiger partial charge on any atom is 0.243 e. The molecule has 0 aromatic heterocycles. The molecule has 1 aromatic carbocycles. The third kappa shape index (κ3) is 4.09. The number of nitrogens with two attached hydrogens (primary N) is 1. The van der Waals surface area contributed by atoms with Gasteiger partial charge in [0.2, 0.25) is 10.0 Å². The Hall–Kier alpha value is -1.46. The first-order chi connectivity index (χ1) is 10.9. The number of rotatable bonds is 5. The molecule has 23 heavy (non-hydrogen) atoms. The van der Waals surface area contributed by atoms with Gasteiger partial charge in [0.25, 0.3) is 0 Å². The van der Waals surface area contributed by atoms with Crippen LogP contribution in [0.5, 0.6) is 0 Å². The minimum atomic E-state index is -3.57. The molecule has 0 unspecified atom stereocenters. The largest absolute Gasteiger partial charge is 0.396 e. The lowest BCUT2D eigenvalue weighted by Gasteiger charge is -2.29. The van der Waals surface area contributed by atoms with Crippen molar-refractivity contribution in [2.24, 2.45) is 11.7 Å². The molecule has 126 valence electrons. The van der Waals surface area contributed by atoms with Gasteiger partial charge in [-0.1, -0.05) is 6.92 Å². The van der Waals surface area contributed by atoms with Crippen molar-refractivity contribution in [3.8, 4) is 6.07 Å². The number of aliphatic hydroxyl groups is 1. The van der Waals surface area contributed by atoms with E-state index in [-0.39, 0.29) is 23.5 Å². The second-order valence-electron chi connectivity index (χ2n) is 6.16. The molecule has 0 radical (unpaired) electrons. The summed E-state index contributed by atoms with van der Waals surface area (Å²) in [5.41, 5.74) is 6.94. The average Bonchev–Trinajstić information content (AvgIpc) is 2.55. The molecule has 0 saturated carbocycles. The van der Waals surface area contributed by atoms with Crippen molar-refractivity contribution < 1.29 is 13.5 Å². The maximum atomic E-state index is 12.8. The molecule has 3 N–H and O–H groups in total. The van der Waals surface area contributed by atoms with Gasteiger partial charge in [-0.25, -0.2) is 8.42 Å². The number of hydrogen-bond acceptors (Lipinski definition) is 5. The van der Waals surface area contributed by atoms with Gasteiger partial charge in [0.15, 0.2) is 0 Å². The highest BCUT2D eigenvalue weighted by Crippen LogP contribution is 2.24. The van der Waals surface area contributed by atoms with Gasteiger partial charge in [0, 0.05) is 25.7 Å². The van der Waals surface area contributed by atoms with Crippen molar-refractivity contribution in [1.82, 2.24) is 4.31 Å². The zero-order valence-corrected chi connectivity index (χ0v) is 14.1. The minimum Gasteiger partial charge on any atom is -0.396 e. The predicted molar refractivity (Wildman–Crippen MR) is 87.1 cm³/mol. The van der Waals surface area contributed by atoms with Crippen LogP contribution < -0.4 is 5.73 Å². The van der Waals surface area contributed by atoms with Crippen LogP contribution in [-0.2, 0) is 16.4 Å². The topological polar surface area (TPSA) is 107 Å². The summed E-state index contributed by atoms with van der Waals surface area (Å²) in [4.78, 5) is 0.201. The zero-order chi connectivity index (χ0) is 17.0. The van der Waals surface area contributed by atoms with Crippen LogP contribution in [0.2, 0.25) is 0 Å². The summed E-state index contributed by atoms with van der Waals surface area (Å²) < 4.78 is 27.0. The summed E-state index contributed by atoms with van der Waals surface area (Å²) in [6.45, 7) is 2.69. The van der Waals surface area contributed by atoms with E-state index in [1.807, 2.05) is 6.92 Å². The highest BCUT2D eigenvalue weighted by atomic mass is 32.2. The van der Waals surface area contributed by atoms with Crippen LogP contribution in [-0.4, -0.2) is 43.6 Å². The van der Waals surface area contributed by atoms with E-state index in [0.717, 1.165) is 0 Å². The van der Waals surface area contributed by atoms with Crippen LogP contribution in [0.25, 0.3) is 0 Å². The molecular formula is C16H23N3O3S. The molecule has 7 heteroatoms. The van der Waals surface area contributed by atoms with Gasteiger partial charge in [-0.3, -0.25) is 0 Å². The molecule has 6 nitrogen and oxygen atoms in total. The van der Waals surface area contributed by atoms with E-state index in [4.69, 9.17) is 5.73 Å². The second kappa shape index (κ2) is 7.41.